The Morgan fingerprint density at radius 2 is 1.96 bits per heavy atom. The number of thiophene rings is 1. The number of rotatable bonds is 5. The van der Waals surface area contributed by atoms with Crippen LogP contribution in [0.5, 0.6) is 0 Å². The highest BCUT2D eigenvalue weighted by molar-refractivity contribution is 7.16. The third-order valence-corrected chi connectivity index (χ3v) is 6.48. The first-order valence-electron chi connectivity index (χ1n) is 8.85. The van der Waals surface area contributed by atoms with Crippen LogP contribution in [0.2, 0.25) is 0 Å². The summed E-state index contributed by atoms with van der Waals surface area (Å²) in [6.45, 7) is 0.354. The normalized spacial score (nSPS) is 25.3. The maximum Gasteiger partial charge on any atom is 0.307 e. The number of nitrogens with zero attached hydrogens (tertiary/aromatic N) is 1. The van der Waals surface area contributed by atoms with Crippen LogP contribution in [0.4, 0.5) is 0 Å². The van der Waals surface area contributed by atoms with Crippen LogP contribution >= 0.6 is 11.3 Å². The fraction of sp³-hybridized carbons (Fsp3) is 0.286. The molecule has 0 aliphatic heterocycles. The number of nitrogens with one attached hydrogen (secondary N) is 1. The van der Waals surface area contributed by atoms with Gasteiger partial charge in [0.2, 0.25) is 5.91 Å². The number of hydrogen-bond donors (Lipinski definition) is 2. The van der Waals surface area contributed by atoms with Gasteiger partial charge in [-0.3, -0.25) is 9.59 Å². The SMILES string of the molecule is N#Cc1ccc(-c2cccc(CNC(=O)[C@H]3[C@@H](C(=O)O)[C@H]4C=C[C@H]3C4)c2)s1. The lowest BCUT2D eigenvalue weighted by atomic mass is 9.82. The number of allylic oxidation sites excluding steroid dienone is 2. The minimum absolute atomic E-state index is 0.0259. The number of benzene rings is 1. The highest BCUT2D eigenvalue weighted by Crippen LogP contribution is 2.48. The topological polar surface area (TPSA) is 90.2 Å². The van der Waals surface area contributed by atoms with Crippen molar-refractivity contribution in [3.63, 3.8) is 0 Å². The number of aliphatic carboxylic acids is 1. The van der Waals surface area contributed by atoms with E-state index >= 15 is 0 Å². The summed E-state index contributed by atoms with van der Waals surface area (Å²) in [5.41, 5.74) is 1.94. The molecule has 1 aromatic carbocycles. The van der Waals surface area contributed by atoms with E-state index in [-0.39, 0.29) is 17.7 Å². The fourth-order valence-electron chi connectivity index (χ4n) is 4.21. The molecular weight excluding hydrogens is 360 g/mol. The summed E-state index contributed by atoms with van der Waals surface area (Å²) in [5.74, 6) is -2.19. The van der Waals surface area contributed by atoms with Crippen LogP contribution in [0.15, 0.2) is 48.6 Å². The second-order valence-corrected chi connectivity index (χ2v) is 8.12. The molecule has 2 aliphatic rings. The van der Waals surface area contributed by atoms with E-state index < -0.39 is 17.8 Å². The number of hydrogen-bond acceptors (Lipinski definition) is 4. The summed E-state index contributed by atoms with van der Waals surface area (Å²) in [6.07, 6.45) is 4.68. The molecule has 0 radical (unpaired) electrons. The zero-order chi connectivity index (χ0) is 19.0. The lowest BCUT2D eigenvalue weighted by molar-refractivity contribution is -0.147. The van der Waals surface area contributed by atoms with Gasteiger partial charge in [-0.05, 0) is 47.6 Å². The van der Waals surface area contributed by atoms with E-state index in [9.17, 15) is 14.7 Å². The second kappa shape index (κ2) is 7.01. The Labute approximate surface area is 161 Å². The van der Waals surface area contributed by atoms with Gasteiger partial charge in [-0.1, -0.05) is 30.4 Å². The predicted octanol–water partition coefficient (Wildman–Crippen LogP) is 3.43. The van der Waals surface area contributed by atoms with E-state index in [0.717, 1.165) is 22.4 Å². The van der Waals surface area contributed by atoms with Gasteiger partial charge in [-0.2, -0.15) is 5.26 Å². The number of amides is 1. The summed E-state index contributed by atoms with van der Waals surface area (Å²) < 4.78 is 0. The van der Waals surface area contributed by atoms with Crippen molar-refractivity contribution < 1.29 is 14.7 Å². The smallest absolute Gasteiger partial charge is 0.307 e. The molecule has 6 heteroatoms. The Balaban J connectivity index is 1.45. The molecule has 1 heterocycles. The minimum atomic E-state index is -0.889. The van der Waals surface area contributed by atoms with Crippen LogP contribution in [0.1, 0.15) is 16.9 Å². The predicted molar refractivity (Wildman–Crippen MR) is 102 cm³/mol. The molecule has 2 bridgehead atoms. The average molecular weight is 378 g/mol. The van der Waals surface area contributed by atoms with Crippen LogP contribution in [0.3, 0.4) is 0 Å². The van der Waals surface area contributed by atoms with Crippen LogP contribution in [0, 0.1) is 35.0 Å². The largest absolute Gasteiger partial charge is 0.481 e. The Morgan fingerprint density at radius 1 is 1.19 bits per heavy atom. The van der Waals surface area contributed by atoms with E-state index in [1.165, 1.54) is 11.3 Å². The number of carboxylic acid groups (broad SMARTS) is 1. The zero-order valence-electron chi connectivity index (χ0n) is 14.5. The van der Waals surface area contributed by atoms with Crippen LogP contribution in [-0.4, -0.2) is 17.0 Å². The maximum absolute atomic E-state index is 12.7. The standard InChI is InChI=1S/C21H18N2O3S/c22-10-16-6-7-17(27-16)13-3-1-2-12(8-13)11-23-20(24)18-14-4-5-15(9-14)19(18)21(25)26/h1-8,14-15,18-19H,9,11H2,(H,23,24)(H,25,26)/t14-,15-,18+,19-/m0/s1. The Morgan fingerprint density at radius 3 is 2.67 bits per heavy atom. The Bertz CT molecular complexity index is 972. The van der Waals surface area contributed by atoms with Crippen molar-refractivity contribution in [1.29, 1.82) is 5.26 Å². The van der Waals surface area contributed by atoms with Gasteiger partial charge in [0, 0.05) is 11.4 Å². The summed E-state index contributed by atoms with van der Waals surface area (Å²) in [7, 11) is 0. The Kier molecular flexibility index (Phi) is 4.54. The van der Waals surface area contributed by atoms with Gasteiger partial charge in [0.15, 0.2) is 0 Å². The molecular formula is C21H18N2O3S. The van der Waals surface area contributed by atoms with Crippen molar-refractivity contribution in [1.82, 2.24) is 5.32 Å². The van der Waals surface area contributed by atoms with Gasteiger partial charge in [0.05, 0.1) is 11.8 Å². The number of carboxylic acids is 1. The zero-order valence-corrected chi connectivity index (χ0v) is 15.3. The molecule has 136 valence electrons. The average Bonchev–Trinajstić information content (AvgIpc) is 3.41. The van der Waals surface area contributed by atoms with E-state index in [0.29, 0.717) is 11.4 Å². The summed E-state index contributed by atoms with van der Waals surface area (Å²) in [6, 6.07) is 13.7. The van der Waals surface area contributed by atoms with Gasteiger partial charge >= 0.3 is 5.97 Å². The summed E-state index contributed by atoms with van der Waals surface area (Å²) in [5, 5.41) is 21.4. The molecule has 0 spiro atoms. The van der Waals surface area contributed by atoms with Crippen molar-refractivity contribution in [2.24, 2.45) is 23.7 Å². The van der Waals surface area contributed by atoms with Crippen molar-refractivity contribution in [3.05, 3.63) is 59.0 Å². The quantitative estimate of drug-likeness (QED) is 0.780. The van der Waals surface area contributed by atoms with E-state index in [1.807, 2.05) is 42.5 Å². The lowest BCUT2D eigenvalue weighted by Gasteiger charge is -2.23. The van der Waals surface area contributed by atoms with E-state index in [2.05, 4.69) is 11.4 Å². The summed E-state index contributed by atoms with van der Waals surface area (Å²) in [4.78, 5) is 25.9. The molecule has 1 aromatic heterocycles. The van der Waals surface area contributed by atoms with Crippen LogP contribution < -0.4 is 5.32 Å². The van der Waals surface area contributed by atoms with Crippen LogP contribution in [-0.2, 0) is 16.1 Å². The van der Waals surface area contributed by atoms with E-state index in [1.54, 1.807) is 6.07 Å². The fourth-order valence-corrected chi connectivity index (χ4v) is 5.01. The third-order valence-electron chi connectivity index (χ3n) is 5.44. The van der Waals surface area contributed by atoms with Crippen molar-refractivity contribution in [3.8, 4) is 16.5 Å². The van der Waals surface area contributed by atoms with Crippen molar-refractivity contribution in [2.45, 2.75) is 13.0 Å². The third kappa shape index (κ3) is 3.26. The second-order valence-electron chi connectivity index (χ2n) is 7.03. The number of nitriles is 1. The van der Waals surface area contributed by atoms with Gasteiger partial charge in [0.25, 0.3) is 0 Å². The van der Waals surface area contributed by atoms with Gasteiger partial charge < -0.3 is 10.4 Å². The van der Waals surface area contributed by atoms with Gasteiger partial charge in [-0.15, -0.1) is 11.3 Å². The molecule has 1 fully saturated rings. The maximum atomic E-state index is 12.7. The molecule has 4 atom stereocenters. The highest BCUT2D eigenvalue weighted by atomic mass is 32.1. The monoisotopic (exact) mass is 378 g/mol. The van der Waals surface area contributed by atoms with Crippen LogP contribution in [0.25, 0.3) is 10.4 Å². The summed E-state index contributed by atoms with van der Waals surface area (Å²) >= 11 is 1.43. The van der Waals surface area contributed by atoms with Crippen molar-refractivity contribution in [2.75, 3.05) is 0 Å². The van der Waals surface area contributed by atoms with Crippen molar-refractivity contribution >= 4 is 23.2 Å². The number of fused-ring (bicyclic) bond motifs is 2. The molecule has 2 aromatic rings. The number of carbonyl (C=O) groups is 2. The Hall–Kier alpha value is -2.91. The molecule has 0 saturated heterocycles. The first-order chi connectivity index (χ1) is 13.1. The molecule has 2 N–H and O–H groups in total. The number of carbonyl (C=O) groups excluding carboxylic acids is 1. The van der Waals surface area contributed by atoms with Gasteiger partial charge in [0.1, 0.15) is 10.9 Å². The first kappa shape index (κ1) is 17.5. The molecule has 1 amide bonds. The van der Waals surface area contributed by atoms with Gasteiger partial charge in [-0.25, -0.2) is 0 Å². The van der Waals surface area contributed by atoms with E-state index in [4.69, 9.17) is 5.26 Å². The lowest BCUT2D eigenvalue weighted by Crippen LogP contribution is -2.39. The molecule has 27 heavy (non-hydrogen) atoms. The molecule has 5 nitrogen and oxygen atoms in total. The molecule has 4 rings (SSSR count). The minimum Gasteiger partial charge on any atom is -0.481 e. The first-order valence-corrected chi connectivity index (χ1v) is 9.66. The molecule has 2 aliphatic carbocycles. The molecule has 1 saturated carbocycles. The highest BCUT2D eigenvalue weighted by Gasteiger charge is 2.51. The molecule has 0 unspecified atom stereocenters.